The highest BCUT2D eigenvalue weighted by Crippen LogP contribution is 2.43. The Morgan fingerprint density at radius 1 is 0.304 bits per heavy atom. The van der Waals surface area contributed by atoms with Gasteiger partial charge in [-0.2, -0.15) is 0 Å². The zero-order valence-corrected chi connectivity index (χ0v) is 65.9. The minimum atomic E-state index is -4.42. The molecule has 0 rings (SSSR count). The Balaban J connectivity index is 4.15. The first-order valence-electron chi connectivity index (χ1n) is 39.8. The summed E-state index contributed by atoms with van der Waals surface area (Å²) >= 11 is 0. The molecule has 2 unspecified atom stereocenters. The second kappa shape index (κ2) is 78.9. The van der Waals surface area contributed by atoms with Gasteiger partial charge in [-0.3, -0.25) is 18.6 Å². The minimum absolute atomic E-state index is 0.0123. The molecule has 0 heterocycles. The van der Waals surface area contributed by atoms with Crippen molar-refractivity contribution in [1.29, 1.82) is 0 Å². The van der Waals surface area contributed by atoms with Crippen molar-refractivity contribution in [3.8, 4) is 0 Å². The average molecular weight is 1420 g/mol. The van der Waals surface area contributed by atoms with E-state index in [1.165, 1.54) is 64.2 Å². The molecule has 1 N–H and O–H groups in total. The van der Waals surface area contributed by atoms with Gasteiger partial charge in [0.1, 0.15) is 19.8 Å². The van der Waals surface area contributed by atoms with Crippen LogP contribution in [0, 0.1) is 0 Å². The lowest BCUT2D eigenvalue weighted by Crippen LogP contribution is -2.37. The lowest BCUT2D eigenvalue weighted by Gasteiger charge is -2.24. The van der Waals surface area contributed by atoms with Gasteiger partial charge in [0.2, 0.25) is 0 Å². The van der Waals surface area contributed by atoms with Crippen molar-refractivity contribution in [2.75, 3.05) is 47.5 Å². The van der Waals surface area contributed by atoms with Gasteiger partial charge in [0, 0.05) is 12.8 Å². The van der Waals surface area contributed by atoms with Gasteiger partial charge < -0.3 is 18.9 Å². The van der Waals surface area contributed by atoms with Crippen LogP contribution in [-0.4, -0.2) is 74.9 Å². The zero-order valence-electron chi connectivity index (χ0n) is 65.0. The molecule has 0 saturated heterocycles. The SMILES string of the molecule is CC/C=C\C/C=C\C/C=C\C/C=C\C/C=C\C/C=C\C/C=C\C/C=C\C/C=C\C/C=C\C/C=C\CCCCCC(=O)OC(COC(=O)CCCCCCCCCCCCCCC/C=C\C/C=C\C/C=C\C/C=C\C/C=C\C/C=C\C/C=C\C/C=C\C/C=C\CC)COP(=O)(O)OCC[N+](C)(C)C. The highest BCUT2D eigenvalue weighted by atomic mass is 31.2. The van der Waals surface area contributed by atoms with Crippen molar-refractivity contribution >= 4 is 19.8 Å². The summed E-state index contributed by atoms with van der Waals surface area (Å²) < 4.78 is 34.7. The van der Waals surface area contributed by atoms with E-state index >= 15 is 0 Å². The summed E-state index contributed by atoms with van der Waals surface area (Å²) in [5.41, 5.74) is 0. The second-order valence-corrected chi connectivity index (χ2v) is 28.1. The molecular weight excluding hydrogens is 1280 g/mol. The van der Waals surface area contributed by atoms with Gasteiger partial charge in [0.25, 0.3) is 0 Å². The summed E-state index contributed by atoms with van der Waals surface area (Å²) in [6.07, 6.45) is 129. The predicted octanol–water partition coefficient (Wildman–Crippen LogP) is 27.0. The van der Waals surface area contributed by atoms with E-state index in [2.05, 4.69) is 257 Å². The van der Waals surface area contributed by atoms with Crippen LogP contribution in [0.2, 0.25) is 0 Å². The van der Waals surface area contributed by atoms with Gasteiger partial charge in [-0.1, -0.05) is 334 Å². The quantitative estimate of drug-likeness (QED) is 0.0211. The molecule has 0 aromatic heterocycles. The summed E-state index contributed by atoms with van der Waals surface area (Å²) in [6.45, 7) is 4.14. The predicted molar refractivity (Wildman–Crippen MR) is 444 cm³/mol. The number of likely N-dealkylation sites (N-methyl/N-ethyl adjacent to an activating group) is 1. The number of rotatable bonds is 70. The molecule has 0 amide bonds. The first-order chi connectivity index (χ1) is 50.0. The molecule has 102 heavy (non-hydrogen) atoms. The number of allylic oxidation sites excluding steroid dienone is 40. The molecule has 570 valence electrons. The molecule has 0 radical (unpaired) electrons. The van der Waals surface area contributed by atoms with Gasteiger partial charge in [0.05, 0.1) is 27.7 Å². The largest absolute Gasteiger partial charge is 0.472 e. The topological polar surface area (TPSA) is 108 Å². The van der Waals surface area contributed by atoms with E-state index in [4.69, 9.17) is 18.5 Å². The van der Waals surface area contributed by atoms with Crippen LogP contribution < -0.4 is 0 Å². The number of phosphoric ester groups is 1. The Kier molecular flexibility index (Phi) is 74.1. The molecule has 0 aliphatic carbocycles. The van der Waals surface area contributed by atoms with E-state index in [-0.39, 0.29) is 32.0 Å². The van der Waals surface area contributed by atoms with Gasteiger partial charge >= 0.3 is 19.8 Å². The number of unbranched alkanes of at least 4 members (excludes halogenated alkanes) is 16. The summed E-state index contributed by atoms with van der Waals surface area (Å²) in [5.74, 6) is -0.852. The number of carbonyl (C=O) groups is 2. The average Bonchev–Trinajstić information content (AvgIpc) is 0.913. The zero-order chi connectivity index (χ0) is 74.0. The molecule has 0 spiro atoms. The summed E-state index contributed by atoms with van der Waals surface area (Å²) in [5, 5.41) is 0. The molecule has 0 aliphatic rings. The van der Waals surface area contributed by atoms with Crippen LogP contribution in [0.4, 0.5) is 0 Å². The van der Waals surface area contributed by atoms with Crippen LogP contribution in [0.5, 0.6) is 0 Å². The van der Waals surface area contributed by atoms with Crippen LogP contribution in [0.3, 0.4) is 0 Å². The molecule has 0 bridgehead atoms. The lowest BCUT2D eigenvalue weighted by molar-refractivity contribution is -0.870. The van der Waals surface area contributed by atoms with Crippen LogP contribution in [0.25, 0.3) is 0 Å². The van der Waals surface area contributed by atoms with Crippen LogP contribution in [0.1, 0.15) is 271 Å². The summed E-state index contributed by atoms with van der Waals surface area (Å²) in [7, 11) is 1.42. The fraction of sp³-hybridized carbons (Fsp3) is 0.543. The van der Waals surface area contributed by atoms with E-state index in [1.807, 2.05) is 21.1 Å². The molecule has 0 aromatic rings. The third-order valence-corrected chi connectivity index (χ3v) is 16.9. The normalized spacial score (nSPS) is 14.4. The highest BCUT2D eigenvalue weighted by molar-refractivity contribution is 7.47. The number of hydrogen-bond donors (Lipinski definition) is 1. The van der Waals surface area contributed by atoms with E-state index in [1.54, 1.807) is 0 Å². The molecule has 0 aromatic carbocycles. The van der Waals surface area contributed by atoms with Crippen molar-refractivity contribution < 1.29 is 42.1 Å². The maximum absolute atomic E-state index is 12.9. The number of carbonyl (C=O) groups excluding carboxylic acids is 2. The van der Waals surface area contributed by atoms with Crippen molar-refractivity contribution in [3.63, 3.8) is 0 Å². The molecule has 10 heteroatoms. The van der Waals surface area contributed by atoms with Crippen LogP contribution in [-0.2, 0) is 32.7 Å². The van der Waals surface area contributed by atoms with E-state index in [0.29, 0.717) is 17.4 Å². The van der Waals surface area contributed by atoms with Crippen LogP contribution >= 0.6 is 7.82 Å². The van der Waals surface area contributed by atoms with Gasteiger partial charge in [-0.05, 0) is 167 Å². The lowest BCUT2D eigenvalue weighted by atomic mass is 10.0. The molecule has 0 aliphatic heterocycles. The summed E-state index contributed by atoms with van der Waals surface area (Å²) in [6, 6.07) is 0. The number of esters is 2. The first-order valence-corrected chi connectivity index (χ1v) is 41.3. The van der Waals surface area contributed by atoms with Crippen LogP contribution in [0.15, 0.2) is 243 Å². The van der Waals surface area contributed by atoms with Crippen molar-refractivity contribution in [2.45, 2.75) is 277 Å². The van der Waals surface area contributed by atoms with E-state index in [9.17, 15) is 19.0 Å². The fourth-order valence-corrected chi connectivity index (χ4v) is 10.6. The number of nitrogens with zero attached hydrogens (tertiary/aromatic N) is 1. The maximum Gasteiger partial charge on any atom is 0.472 e. The molecule has 0 fully saturated rings. The molecular formula is C92H145NO8P+. The Morgan fingerprint density at radius 2 is 0.529 bits per heavy atom. The minimum Gasteiger partial charge on any atom is -0.462 e. The van der Waals surface area contributed by atoms with Crippen molar-refractivity contribution in [1.82, 2.24) is 0 Å². The first kappa shape index (κ1) is 95.8. The van der Waals surface area contributed by atoms with Gasteiger partial charge in [-0.15, -0.1) is 0 Å². The van der Waals surface area contributed by atoms with Crippen molar-refractivity contribution in [3.05, 3.63) is 243 Å². The van der Waals surface area contributed by atoms with Gasteiger partial charge in [-0.25, -0.2) is 4.57 Å². The molecule has 2 atom stereocenters. The third-order valence-electron chi connectivity index (χ3n) is 15.9. The third kappa shape index (κ3) is 82.8. The van der Waals surface area contributed by atoms with Crippen molar-refractivity contribution in [2.24, 2.45) is 0 Å². The maximum atomic E-state index is 12.9. The number of phosphoric acid groups is 1. The number of hydrogen-bond acceptors (Lipinski definition) is 7. The molecule has 0 saturated carbocycles. The van der Waals surface area contributed by atoms with E-state index < -0.39 is 26.5 Å². The fourth-order valence-electron chi connectivity index (χ4n) is 9.90. The number of quaternary nitrogens is 1. The Hall–Kier alpha value is -6.19. The molecule has 9 nitrogen and oxygen atoms in total. The second-order valence-electron chi connectivity index (χ2n) is 26.6. The Morgan fingerprint density at radius 3 is 0.794 bits per heavy atom. The van der Waals surface area contributed by atoms with Gasteiger partial charge in [0.15, 0.2) is 6.10 Å². The standard InChI is InChI=1S/C92H144NO8P/c1-6-8-10-12-14-16-18-20-22-24-26-28-30-32-34-36-38-40-42-44-45-46-47-49-50-52-54-56-58-60-62-64-66-68-70-72-74-76-78-80-82-84-91(94)98-88-90(89-100-102(96,97)99-87-86-93(3,4)5)101-92(95)85-83-81-79-77-75-73-71-69-67-65-63-61-59-57-55-53-51-48-43-41-39-37-35-33-31-29-27-25-23-21-19-17-15-13-11-9-7-2/h8-11,14-17,20-23,26-29,32-35,38-41,44-45,47-49,51-52,54-55,57,61,63,67,69,73,75,90H,6-7,12-13,18-19,24-25,30-31,36-37,42-43,46,50,53,56,58-60,62,64-66,68,70-72,74,76-89H2,1-5H3/p+1/b10-8-,11-9-,16-14-,17-15-,22-20-,23-21-,28-26-,29-27-,34-32-,35-33-,40-38-,41-39-,45-44-,49-47-,51-48-,54-52-,57-55-,63-61-,69-67-,75-73-. The Labute approximate surface area is 625 Å². The Bertz CT molecular complexity index is 2630. The monoisotopic (exact) mass is 1420 g/mol. The summed E-state index contributed by atoms with van der Waals surface area (Å²) in [4.78, 5) is 36.0. The van der Waals surface area contributed by atoms with E-state index in [0.717, 1.165) is 173 Å². The smallest absolute Gasteiger partial charge is 0.462 e. The highest BCUT2D eigenvalue weighted by Gasteiger charge is 2.27. The number of ether oxygens (including phenoxy) is 2.